The lowest BCUT2D eigenvalue weighted by Crippen LogP contribution is -2.27. The quantitative estimate of drug-likeness (QED) is 0.629. The third-order valence-corrected chi connectivity index (χ3v) is 5.33. The molecule has 2 aliphatic rings. The molecule has 5 atom stereocenters. The second kappa shape index (κ2) is 4.70. The standard InChI is InChI=1S/C16H30/c1-10(2)15-11(3)8-12(4)16(15)13(5)9-14-6-7-14/h10-16H,6-9H2,1-5H3. The van der Waals surface area contributed by atoms with E-state index in [4.69, 9.17) is 0 Å². The van der Waals surface area contributed by atoms with Crippen molar-refractivity contribution in [2.75, 3.05) is 0 Å². The monoisotopic (exact) mass is 222 g/mol. The van der Waals surface area contributed by atoms with Crippen LogP contribution in [0.2, 0.25) is 0 Å². The molecule has 0 aromatic heterocycles. The van der Waals surface area contributed by atoms with Crippen LogP contribution in [-0.4, -0.2) is 0 Å². The van der Waals surface area contributed by atoms with Gasteiger partial charge in [-0.3, -0.25) is 0 Å². The molecule has 0 spiro atoms. The van der Waals surface area contributed by atoms with E-state index in [2.05, 4.69) is 34.6 Å². The van der Waals surface area contributed by atoms with E-state index in [0.717, 1.165) is 41.4 Å². The Morgan fingerprint density at radius 1 is 0.938 bits per heavy atom. The van der Waals surface area contributed by atoms with Crippen molar-refractivity contribution in [2.24, 2.45) is 41.4 Å². The second-order valence-electron chi connectivity index (χ2n) is 7.25. The minimum absolute atomic E-state index is 0.881. The highest BCUT2D eigenvalue weighted by atomic mass is 14.5. The molecule has 5 unspecified atom stereocenters. The normalized spacial score (nSPS) is 41.6. The summed E-state index contributed by atoms with van der Waals surface area (Å²) in [6, 6.07) is 0. The van der Waals surface area contributed by atoms with Crippen LogP contribution in [0.1, 0.15) is 60.3 Å². The molecule has 2 aliphatic carbocycles. The van der Waals surface area contributed by atoms with E-state index in [1.54, 1.807) is 0 Å². The predicted molar refractivity (Wildman–Crippen MR) is 71.3 cm³/mol. The Kier molecular flexibility index (Phi) is 3.66. The maximum Gasteiger partial charge on any atom is -0.0329 e. The Morgan fingerprint density at radius 3 is 2.00 bits per heavy atom. The lowest BCUT2D eigenvalue weighted by molar-refractivity contribution is 0.155. The Labute approximate surface area is 102 Å². The van der Waals surface area contributed by atoms with Crippen molar-refractivity contribution in [1.82, 2.24) is 0 Å². The summed E-state index contributed by atoms with van der Waals surface area (Å²) in [5.74, 6) is 6.88. The summed E-state index contributed by atoms with van der Waals surface area (Å²) in [5.41, 5.74) is 0. The largest absolute Gasteiger partial charge is 0.0625 e. The van der Waals surface area contributed by atoms with Gasteiger partial charge >= 0.3 is 0 Å². The molecule has 0 aliphatic heterocycles. The van der Waals surface area contributed by atoms with Crippen LogP contribution in [0.3, 0.4) is 0 Å². The summed E-state index contributed by atoms with van der Waals surface area (Å²) in [7, 11) is 0. The van der Waals surface area contributed by atoms with Crippen LogP contribution in [0.25, 0.3) is 0 Å². The number of rotatable bonds is 4. The van der Waals surface area contributed by atoms with Crippen molar-refractivity contribution in [3.05, 3.63) is 0 Å². The molecule has 0 nitrogen and oxygen atoms in total. The van der Waals surface area contributed by atoms with E-state index in [-0.39, 0.29) is 0 Å². The predicted octanol–water partition coefficient (Wildman–Crippen LogP) is 4.99. The fraction of sp³-hybridized carbons (Fsp3) is 1.00. The van der Waals surface area contributed by atoms with Crippen molar-refractivity contribution < 1.29 is 0 Å². The maximum atomic E-state index is 2.53. The zero-order valence-electron chi connectivity index (χ0n) is 11.9. The highest BCUT2D eigenvalue weighted by Crippen LogP contribution is 2.51. The summed E-state index contributed by atoms with van der Waals surface area (Å²) < 4.78 is 0. The fourth-order valence-electron chi connectivity index (χ4n) is 4.74. The Balaban J connectivity index is 2.02. The maximum absolute atomic E-state index is 2.53. The Morgan fingerprint density at radius 2 is 1.50 bits per heavy atom. The summed E-state index contributed by atoms with van der Waals surface area (Å²) in [6.45, 7) is 12.4. The van der Waals surface area contributed by atoms with Gasteiger partial charge in [0.2, 0.25) is 0 Å². The molecule has 0 bridgehead atoms. The molecule has 0 amide bonds. The van der Waals surface area contributed by atoms with Crippen LogP contribution in [0.5, 0.6) is 0 Å². The van der Waals surface area contributed by atoms with Crippen molar-refractivity contribution in [1.29, 1.82) is 0 Å². The van der Waals surface area contributed by atoms with Crippen molar-refractivity contribution >= 4 is 0 Å². The summed E-state index contributed by atoms with van der Waals surface area (Å²) in [6.07, 6.45) is 6.04. The fourth-order valence-corrected chi connectivity index (χ4v) is 4.74. The van der Waals surface area contributed by atoms with Gasteiger partial charge in [0.15, 0.2) is 0 Å². The van der Waals surface area contributed by atoms with Gasteiger partial charge in [0, 0.05) is 0 Å². The van der Waals surface area contributed by atoms with Crippen LogP contribution < -0.4 is 0 Å². The van der Waals surface area contributed by atoms with Gasteiger partial charge in [0.1, 0.15) is 0 Å². The molecule has 0 aromatic rings. The Bertz CT molecular complexity index is 226. The van der Waals surface area contributed by atoms with Crippen LogP contribution >= 0.6 is 0 Å². The van der Waals surface area contributed by atoms with Gasteiger partial charge in [0.25, 0.3) is 0 Å². The van der Waals surface area contributed by atoms with Gasteiger partial charge in [-0.2, -0.15) is 0 Å². The molecule has 16 heavy (non-hydrogen) atoms. The van der Waals surface area contributed by atoms with Crippen molar-refractivity contribution in [3.63, 3.8) is 0 Å². The molecule has 0 saturated heterocycles. The zero-order valence-corrected chi connectivity index (χ0v) is 11.9. The van der Waals surface area contributed by atoms with Crippen LogP contribution in [0.4, 0.5) is 0 Å². The van der Waals surface area contributed by atoms with Crippen molar-refractivity contribution in [2.45, 2.75) is 60.3 Å². The third kappa shape index (κ3) is 2.46. The highest BCUT2D eigenvalue weighted by molar-refractivity contribution is 4.92. The second-order valence-corrected chi connectivity index (χ2v) is 7.25. The third-order valence-electron chi connectivity index (χ3n) is 5.33. The molecule has 0 N–H and O–H groups in total. The van der Waals surface area contributed by atoms with Gasteiger partial charge < -0.3 is 0 Å². The lowest BCUT2D eigenvalue weighted by atomic mass is 9.72. The molecular weight excluding hydrogens is 192 g/mol. The van der Waals surface area contributed by atoms with E-state index in [1.165, 1.54) is 25.7 Å². The number of hydrogen-bond acceptors (Lipinski definition) is 0. The molecule has 0 aromatic carbocycles. The molecular formula is C16H30. The first kappa shape index (κ1) is 12.5. The minimum Gasteiger partial charge on any atom is -0.0625 e. The smallest absolute Gasteiger partial charge is 0.0329 e. The van der Waals surface area contributed by atoms with E-state index < -0.39 is 0 Å². The Hall–Kier alpha value is 0. The first-order valence-corrected chi connectivity index (χ1v) is 7.50. The van der Waals surface area contributed by atoms with E-state index in [0.29, 0.717) is 0 Å². The summed E-state index contributed by atoms with van der Waals surface area (Å²) in [4.78, 5) is 0. The molecule has 2 fully saturated rings. The molecule has 0 radical (unpaired) electrons. The first-order chi connectivity index (χ1) is 7.50. The highest BCUT2D eigenvalue weighted by Gasteiger charge is 2.43. The molecule has 2 rings (SSSR count). The van der Waals surface area contributed by atoms with Gasteiger partial charge in [-0.15, -0.1) is 0 Å². The van der Waals surface area contributed by atoms with Gasteiger partial charge in [-0.05, 0) is 54.3 Å². The van der Waals surface area contributed by atoms with E-state index >= 15 is 0 Å². The summed E-state index contributed by atoms with van der Waals surface area (Å²) >= 11 is 0. The van der Waals surface area contributed by atoms with E-state index in [9.17, 15) is 0 Å². The minimum atomic E-state index is 0.881. The molecule has 0 heterocycles. The van der Waals surface area contributed by atoms with Crippen LogP contribution in [0, 0.1) is 41.4 Å². The molecule has 0 heteroatoms. The first-order valence-electron chi connectivity index (χ1n) is 7.50. The zero-order chi connectivity index (χ0) is 11.9. The topological polar surface area (TPSA) is 0 Å². The van der Waals surface area contributed by atoms with E-state index in [1.807, 2.05) is 0 Å². The van der Waals surface area contributed by atoms with Crippen LogP contribution in [0.15, 0.2) is 0 Å². The van der Waals surface area contributed by atoms with Gasteiger partial charge in [-0.1, -0.05) is 47.5 Å². The molecule has 2 saturated carbocycles. The van der Waals surface area contributed by atoms with Crippen LogP contribution in [-0.2, 0) is 0 Å². The average Bonchev–Trinajstić information content (AvgIpc) is 2.90. The summed E-state index contributed by atoms with van der Waals surface area (Å²) in [5, 5.41) is 0. The van der Waals surface area contributed by atoms with Gasteiger partial charge in [-0.25, -0.2) is 0 Å². The SMILES string of the molecule is CC(C)C1C(C)CC(C)C1C(C)CC1CC1. The lowest BCUT2D eigenvalue weighted by Gasteiger charge is -2.33. The number of hydrogen-bond donors (Lipinski definition) is 0. The average molecular weight is 222 g/mol. The van der Waals surface area contributed by atoms with Gasteiger partial charge in [0.05, 0.1) is 0 Å². The molecule has 94 valence electrons. The van der Waals surface area contributed by atoms with Crippen molar-refractivity contribution in [3.8, 4) is 0 Å².